The van der Waals surface area contributed by atoms with Crippen LogP contribution in [0, 0.1) is 5.41 Å². The Bertz CT molecular complexity index is 1570. The number of urea groups is 1. The molecule has 3 rings (SSSR count). The highest BCUT2D eigenvalue weighted by atomic mass is 16.5. The largest absolute Gasteiger partial charge is 0.468 e. The second-order valence-corrected chi connectivity index (χ2v) is 14.6. The molecule has 12 nitrogen and oxygen atoms in total. The lowest BCUT2D eigenvalue weighted by Gasteiger charge is -2.37. The lowest BCUT2D eigenvalue weighted by molar-refractivity contribution is -0.142. The van der Waals surface area contributed by atoms with Crippen LogP contribution in [0.4, 0.5) is 9.59 Å². The second-order valence-electron chi connectivity index (χ2n) is 14.6. The van der Waals surface area contributed by atoms with Crippen LogP contribution in [0.15, 0.2) is 79.0 Å². The van der Waals surface area contributed by atoms with Crippen molar-refractivity contribution in [2.75, 3.05) is 20.8 Å². The zero-order chi connectivity index (χ0) is 37.8. The Balaban J connectivity index is 1.96. The molecule has 1 heterocycles. The molecule has 0 radical (unpaired) electrons. The number of carbonyl (C=O) groups excluding carboxylic acids is 4. The van der Waals surface area contributed by atoms with Gasteiger partial charge < -0.3 is 35.4 Å². The van der Waals surface area contributed by atoms with Crippen LogP contribution in [0.5, 0.6) is 0 Å². The van der Waals surface area contributed by atoms with E-state index >= 15 is 0 Å². The molecule has 0 unspecified atom stereocenters. The Morgan fingerprint density at radius 1 is 0.784 bits per heavy atom. The minimum absolute atomic E-state index is 0.0480. The van der Waals surface area contributed by atoms with Gasteiger partial charge in [-0.05, 0) is 68.7 Å². The number of aliphatic hydroxyl groups is 1. The van der Waals surface area contributed by atoms with Crippen molar-refractivity contribution in [2.45, 2.75) is 90.6 Å². The molecule has 3 aromatic rings. The number of methoxy groups -OCH3 is 2. The zero-order valence-corrected chi connectivity index (χ0v) is 30.9. The predicted octanol–water partition coefficient (Wildman–Crippen LogP) is 4.89. The van der Waals surface area contributed by atoms with Gasteiger partial charge in [0.05, 0.1) is 32.1 Å². The van der Waals surface area contributed by atoms with E-state index in [1.165, 1.54) is 19.1 Å². The molecular formula is C39H53N5O7. The third-order valence-electron chi connectivity index (χ3n) is 8.49. The van der Waals surface area contributed by atoms with Gasteiger partial charge >= 0.3 is 18.1 Å². The Labute approximate surface area is 301 Å². The first-order chi connectivity index (χ1) is 24.0. The van der Waals surface area contributed by atoms with Crippen LogP contribution in [-0.4, -0.2) is 89.5 Å². The summed E-state index contributed by atoms with van der Waals surface area (Å²) in [5.41, 5.74) is 2.09. The molecule has 51 heavy (non-hydrogen) atoms. The summed E-state index contributed by atoms with van der Waals surface area (Å²) < 4.78 is 9.63. The first kappa shape index (κ1) is 40.5. The van der Waals surface area contributed by atoms with Crippen LogP contribution in [0.2, 0.25) is 0 Å². The standard InChI is InChI=1S/C39H53N5O7/c1-38(2,3)34(43-37(49)51-8)35(47)42-31(23-26-14-10-9-11-15-26)32(45)24-29(41-36(48)44(39(4,5)6)25-33(46)50-7)22-27-17-19-28(20-18-27)30-16-12-13-21-40-30/h9-21,29,31-32,34,45H,22-25H2,1-8H3,(H,41,48)(H,42,47)(H,43,49)/t29-,31-,32-,34+/m0/s1. The molecule has 0 fully saturated rings. The van der Waals surface area contributed by atoms with Crippen LogP contribution >= 0.6 is 0 Å². The van der Waals surface area contributed by atoms with E-state index in [0.717, 1.165) is 22.4 Å². The van der Waals surface area contributed by atoms with E-state index in [-0.39, 0.29) is 19.4 Å². The van der Waals surface area contributed by atoms with Crippen LogP contribution in [0.25, 0.3) is 11.3 Å². The predicted molar refractivity (Wildman–Crippen MR) is 196 cm³/mol. The molecule has 0 aliphatic heterocycles. The molecule has 4 atom stereocenters. The minimum Gasteiger partial charge on any atom is -0.468 e. The van der Waals surface area contributed by atoms with Gasteiger partial charge in [0.25, 0.3) is 0 Å². The zero-order valence-electron chi connectivity index (χ0n) is 30.9. The topological polar surface area (TPSA) is 159 Å². The number of aliphatic hydroxyl groups excluding tert-OH is 1. The van der Waals surface area contributed by atoms with E-state index in [0.29, 0.717) is 6.42 Å². The Hall–Kier alpha value is -4.97. The average molecular weight is 704 g/mol. The van der Waals surface area contributed by atoms with Crippen LogP contribution in [0.1, 0.15) is 59.1 Å². The van der Waals surface area contributed by atoms with Crippen molar-refractivity contribution in [3.8, 4) is 11.3 Å². The van der Waals surface area contributed by atoms with Crippen molar-refractivity contribution < 1.29 is 33.8 Å². The van der Waals surface area contributed by atoms with Gasteiger partial charge in [-0.3, -0.25) is 14.6 Å². The first-order valence-corrected chi connectivity index (χ1v) is 17.0. The highest BCUT2D eigenvalue weighted by molar-refractivity contribution is 5.86. The minimum atomic E-state index is -1.14. The molecule has 0 bridgehead atoms. The molecule has 0 aliphatic rings. The van der Waals surface area contributed by atoms with Crippen LogP contribution in [-0.2, 0) is 31.9 Å². The SMILES string of the molecule is COC(=O)CN(C(=O)N[C@@H](Cc1ccc(-c2ccccn2)cc1)C[C@H](O)[C@H](Cc1ccccc1)NC(=O)[C@@H](NC(=O)OC)C(C)(C)C)C(C)(C)C. The summed E-state index contributed by atoms with van der Waals surface area (Å²) in [6.07, 6.45) is 0.491. The third kappa shape index (κ3) is 12.7. The van der Waals surface area contributed by atoms with E-state index in [1.54, 1.807) is 6.20 Å². The van der Waals surface area contributed by atoms with Gasteiger partial charge in [0, 0.05) is 23.3 Å². The summed E-state index contributed by atoms with van der Waals surface area (Å²) in [4.78, 5) is 57.9. The van der Waals surface area contributed by atoms with Crippen molar-refractivity contribution in [3.05, 3.63) is 90.1 Å². The quantitative estimate of drug-likeness (QED) is 0.173. The Morgan fingerprint density at radius 3 is 1.96 bits per heavy atom. The number of ether oxygens (including phenoxy) is 2. The van der Waals surface area contributed by atoms with Crippen LogP contribution in [0.3, 0.4) is 0 Å². The van der Waals surface area contributed by atoms with Crippen molar-refractivity contribution in [3.63, 3.8) is 0 Å². The smallest absolute Gasteiger partial charge is 0.407 e. The first-order valence-electron chi connectivity index (χ1n) is 17.0. The molecule has 0 saturated heterocycles. The molecule has 4 amide bonds. The van der Waals surface area contributed by atoms with E-state index in [1.807, 2.05) is 114 Å². The molecule has 276 valence electrons. The number of hydrogen-bond donors (Lipinski definition) is 4. The van der Waals surface area contributed by atoms with E-state index in [9.17, 15) is 24.3 Å². The van der Waals surface area contributed by atoms with Crippen LogP contribution < -0.4 is 16.0 Å². The number of amides is 4. The fourth-order valence-electron chi connectivity index (χ4n) is 5.61. The van der Waals surface area contributed by atoms with Gasteiger partial charge in [-0.2, -0.15) is 0 Å². The lowest BCUT2D eigenvalue weighted by Crippen LogP contribution is -2.58. The number of nitrogens with zero attached hydrogens (tertiary/aromatic N) is 2. The third-order valence-corrected chi connectivity index (χ3v) is 8.49. The summed E-state index contributed by atoms with van der Waals surface area (Å²) in [7, 11) is 2.49. The number of aromatic nitrogens is 1. The van der Waals surface area contributed by atoms with E-state index in [2.05, 4.69) is 20.9 Å². The molecule has 2 aromatic carbocycles. The number of carbonyl (C=O) groups is 4. The number of hydrogen-bond acceptors (Lipinski definition) is 8. The number of nitrogens with one attached hydrogen (secondary N) is 3. The maximum atomic E-state index is 13.8. The summed E-state index contributed by atoms with van der Waals surface area (Å²) in [6, 6.07) is 20.0. The number of rotatable bonds is 14. The fraction of sp³-hybridized carbons (Fsp3) is 0.462. The second kappa shape index (κ2) is 18.3. The lowest BCUT2D eigenvalue weighted by atomic mass is 9.85. The number of esters is 1. The molecule has 0 saturated carbocycles. The highest BCUT2D eigenvalue weighted by Gasteiger charge is 2.36. The van der Waals surface area contributed by atoms with Crippen molar-refractivity contribution in [1.29, 1.82) is 0 Å². The summed E-state index contributed by atoms with van der Waals surface area (Å²) >= 11 is 0. The maximum Gasteiger partial charge on any atom is 0.407 e. The Morgan fingerprint density at radius 2 is 1.41 bits per heavy atom. The van der Waals surface area contributed by atoms with Gasteiger partial charge in [0.2, 0.25) is 5.91 Å². The van der Waals surface area contributed by atoms with Gasteiger partial charge in [-0.15, -0.1) is 0 Å². The molecule has 0 aliphatic carbocycles. The molecular weight excluding hydrogens is 650 g/mol. The monoisotopic (exact) mass is 703 g/mol. The molecule has 1 aromatic heterocycles. The number of pyridine rings is 1. The average Bonchev–Trinajstić information content (AvgIpc) is 3.08. The maximum absolute atomic E-state index is 13.8. The normalized spacial score (nSPS) is 13.9. The Kier molecular flexibility index (Phi) is 14.5. The number of benzene rings is 2. The number of alkyl carbamates (subject to hydrolysis) is 1. The molecule has 4 N–H and O–H groups in total. The van der Waals surface area contributed by atoms with Gasteiger partial charge in [0.15, 0.2) is 0 Å². The van der Waals surface area contributed by atoms with Gasteiger partial charge in [-0.25, -0.2) is 9.59 Å². The van der Waals surface area contributed by atoms with E-state index in [4.69, 9.17) is 9.47 Å². The van der Waals surface area contributed by atoms with Gasteiger partial charge in [0.1, 0.15) is 12.6 Å². The summed E-state index contributed by atoms with van der Waals surface area (Å²) in [6.45, 7) is 10.6. The van der Waals surface area contributed by atoms with Crippen molar-refractivity contribution >= 4 is 24.0 Å². The summed E-state index contributed by atoms with van der Waals surface area (Å²) in [5, 5.41) is 20.5. The van der Waals surface area contributed by atoms with Crippen molar-refractivity contribution in [2.24, 2.45) is 5.41 Å². The van der Waals surface area contributed by atoms with Crippen molar-refractivity contribution in [1.82, 2.24) is 25.8 Å². The highest BCUT2D eigenvalue weighted by Crippen LogP contribution is 2.23. The van der Waals surface area contributed by atoms with E-state index < -0.39 is 59.2 Å². The fourth-order valence-corrected chi connectivity index (χ4v) is 5.61. The summed E-state index contributed by atoms with van der Waals surface area (Å²) in [5.74, 6) is -1.06. The molecule has 0 spiro atoms. The van der Waals surface area contributed by atoms with Gasteiger partial charge in [-0.1, -0.05) is 81.4 Å². The molecule has 12 heteroatoms.